The fourth-order valence-electron chi connectivity index (χ4n) is 3.05. The SMILES string of the molecule is CCNC(c1cc(Cl)cc2c1OCC2)C1CCC1. The minimum absolute atomic E-state index is 0.411. The number of benzene rings is 1. The van der Waals surface area contributed by atoms with Crippen LogP contribution in [0, 0.1) is 5.92 Å². The molecule has 1 aromatic rings. The van der Waals surface area contributed by atoms with Gasteiger partial charge in [-0.2, -0.15) is 0 Å². The normalized spacial score (nSPS) is 20.1. The van der Waals surface area contributed by atoms with Gasteiger partial charge in [0.2, 0.25) is 0 Å². The lowest BCUT2D eigenvalue weighted by Gasteiger charge is -2.35. The molecule has 1 atom stereocenters. The van der Waals surface area contributed by atoms with Gasteiger partial charge >= 0.3 is 0 Å². The molecule has 0 radical (unpaired) electrons. The van der Waals surface area contributed by atoms with Crippen molar-refractivity contribution in [3.8, 4) is 5.75 Å². The lowest BCUT2D eigenvalue weighted by Crippen LogP contribution is -2.32. The predicted molar refractivity (Wildman–Crippen MR) is 74.4 cm³/mol. The van der Waals surface area contributed by atoms with E-state index >= 15 is 0 Å². The van der Waals surface area contributed by atoms with Crippen LogP contribution in [0.4, 0.5) is 0 Å². The largest absolute Gasteiger partial charge is 0.493 e. The molecule has 3 heteroatoms. The second kappa shape index (κ2) is 5.10. The summed E-state index contributed by atoms with van der Waals surface area (Å²) in [7, 11) is 0. The summed E-state index contributed by atoms with van der Waals surface area (Å²) in [5.74, 6) is 1.84. The monoisotopic (exact) mass is 265 g/mol. The average molecular weight is 266 g/mol. The van der Waals surface area contributed by atoms with Gasteiger partial charge in [-0.05, 0) is 43.0 Å². The van der Waals surface area contributed by atoms with E-state index in [1.54, 1.807) is 0 Å². The number of hydrogen-bond donors (Lipinski definition) is 1. The molecule has 2 aliphatic rings. The van der Waals surface area contributed by atoms with Crippen molar-refractivity contribution in [3.63, 3.8) is 0 Å². The number of halogens is 1. The molecule has 2 nitrogen and oxygen atoms in total. The Morgan fingerprint density at radius 1 is 1.44 bits per heavy atom. The van der Waals surface area contributed by atoms with Crippen molar-refractivity contribution in [3.05, 3.63) is 28.3 Å². The molecular formula is C15H20ClNO. The van der Waals surface area contributed by atoms with Gasteiger partial charge in [-0.1, -0.05) is 24.9 Å². The van der Waals surface area contributed by atoms with Crippen molar-refractivity contribution in [2.75, 3.05) is 13.2 Å². The van der Waals surface area contributed by atoms with Crippen LogP contribution in [0.1, 0.15) is 43.4 Å². The first-order chi connectivity index (χ1) is 8.79. The third kappa shape index (κ3) is 2.12. The molecule has 0 saturated heterocycles. The van der Waals surface area contributed by atoms with Crippen molar-refractivity contribution >= 4 is 11.6 Å². The molecule has 0 bridgehead atoms. The van der Waals surface area contributed by atoms with Crippen LogP contribution in [0.25, 0.3) is 0 Å². The van der Waals surface area contributed by atoms with Crippen LogP contribution in [-0.2, 0) is 6.42 Å². The van der Waals surface area contributed by atoms with Gasteiger partial charge in [0.05, 0.1) is 6.61 Å². The van der Waals surface area contributed by atoms with Crippen LogP contribution in [0.3, 0.4) is 0 Å². The molecule has 1 saturated carbocycles. The zero-order valence-corrected chi connectivity index (χ0v) is 11.6. The van der Waals surface area contributed by atoms with Crippen LogP contribution in [0.15, 0.2) is 12.1 Å². The van der Waals surface area contributed by atoms with Gasteiger partial charge in [0.1, 0.15) is 5.75 Å². The molecule has 1 fully saturated rings. The Hall–Kier alpha value is -0.730. The standard InChI is InChI=1S/C15H20ClNO/c1-2-17-14(10-4-3-5-10)13-9-12(16)8-11-6-7-18-15(11)13/h8-10,14,17H,2-7H2,1H3. The summed E-state index contributed by atoms with van der Waals surface area (Å²) in [6.07, 6.45) is 4.99. The summed E-state index contributed by atoms with van der Waals surface area (Å²) in [5.41, 5.74) is 2.56. The van der Waals surface area contributed by atoms with E-state index in [1.165, 1.54) is 30.4 Å². The number of nitrogens with one attached hydrogen (secondary N) is 1. The zero-order valence-electron chi connectivity index (χ0n) is 10.8. The van der Waals surface area contributed by atoms with Gasteiger partial charge in [-0.3, -0.25) is 0 Å². The molecule has 18 heavy (non-hydrogen) atoms. The molecule has 98 valence electrons. The molecule has 0 amide bonds. The number of rotatable bonds is 4. The molecule has 1 aromatic carbocycles. The fraction of sp³-hybridized carbons (Fsp3) is 0.600. The molecule has 1 aliphatic heterocycles. The van der Waals surface area contributed by atoms with Gasteiger partial charge in [-0.25, -0.2) is 0 Å². The van der Waals surface area contributed by atoms with Crippen LogP contribution >= 0.6 is 11.6 Å². The maximum absolute atomic E-state index is 6.26. The Labute approximate surface area is 114 Å². The minimum atomic E-state index is 0.411. The molecule has 1 unspecified atom stereocenters. The highest BCUT2D eigenvalue weighted by Crippen LogP contribution is 2.44. The van der Waals surface area contributed by atoms with E-state index in [9.17, 15) is 0 Å². The smallest absolute Gasteiger partial charge is 0.127 e. The highest BCUT2D eigenvalue weighted by Gasteiger charge is 2.32. The Morgan fingerprint density at radius 2 is 2.28 bits per heavy atom. The zero-order chi connectivity index (χ0) is 12.5. The summed E-state index contributed by atoms with van der Waals surface area (Å²) in [4.78, 5) is 0. The van der Waals surface area contributed by atoms with Crippen molar-refractivity contribution in [2.45, 2.75) is 38.6 Å². The Morgan fingerprint density at radius 3 is 2.94 bits per heavy atom. The molecule has 3 rings (SSSR count). The molecule has 0 aromatic heterocycles. The molecular weight excluding hydrogens is 246 g/mol. The highest BCUT2D eigenvalue weighted by atomic mass is 35.5. The van der Waals surface area contributed by atoms with Crippen LogP contribution in [0.2, 0.25) is 5.02 Å². The van der Waals surface area contributed by atoms with Gasteiger partial charge < -0.3 is 10.1 Å². The summed E-state index contributed by atoms with van der Waals surface area (Å²) >= 11 is 6.26. The Kier molecular flexibility index (Phi) is 3.49. The number of ether oxygens (including phenoxy) is 1. The van der Waals surface area contributed by atoms with Crippen LogP contribution < -0.4 is 10.1 Å². The Balaban J connectivity index is 1.97. The van der Waals surface area contributed by atoms with E-state index in [-0.39, 0.29) is 0 Å². The van der Waals surface area contributed by atoms with Gasteiger partial charge in [-0.15, -0.1) is 0 Å². The molecule has 1 heterocycles. The second-order valence-electron chi connectivity index (χ2n) is 5.31. The van der Waals surface area contributed by atoms with Crippen LogP contribution in [-0.4, -0.2) is 13.2 Å². The summed E-state index contributed by atoms with van der Waals surface area (Å²) in [6.45, 7) is 3.95. The van der Waals surface area contributed by atoms with Crippen LogP contribution in [0.5, 0.6) is 5.75 Å². The van der Waals surface area contributed by atoms with E-state index in [0.29, 0.717) is 6.04 Å². The van der Waals surface area contributed by atoms with E-state index in [2.05, 4.69) is 24.4 Å². The van der Waals surface area contributed by atoms with Crippen molar-refractivity contribution in [1.82, 2.24) is 5.32 Å². The summed E-state index contributed by atoms with van der Waals surface area (Å²) < 4.78 is 5.83. The second-order valence-corrected chi connectivity index (χ2v) is 5.74. The van der Waals surface area contributed by atoms with Gasteiger partial charge in [0.25, 0.3) is 0 Å². The molecule has 1 aliphatic carbocycles. The maximum Gasteiger partial charge on any atom is 0.127 e. The van der Waals surface area contributed by atoms with E-state index in [4.69, 9.17) is 16.3 Å². The summed E-state index contributed by atoms with van der Waals surface area (Å²) in [5, 5.41) is 4.46. The first-order valence-corrected chi connectivity index (χ1v) is 7.36. The third-order valence-corrected chi connectivity index (χ3v) is 4.38. The molecule has 0 spiro atoms. The van der Waals surface area contributed by atoms with E-state index in [1.807, 2.05) is 0 Å². The fourth-order valence-corrected chi connectivity index (χ4v) is 3.30. The van der Waals surface area contributed by atoms with Gasteiger partial charge in [0, 0.05) is 23.0 Å². The Bertz CT molecular complexity index is 442. The molecule has 1 N–H and O–H groups in total. The van der Waals surface area contributed by atoms with Gasteiger partial charge in [0.15, 0.2) is 0 Å². The third-order valence-electron chi connectivity index (χ3n) is 4.16. The number of fused-ring (bicyclic) bond motifs is 1. The maximum atomic E-state index is 6.26. The first-order valence-electron chi connectivity index (χ1n) is 6.98. The first kappa shape index (κ1) is 12.3. The lowest BCUT2D eigenvalue weighted by molar-refractivity contribution is 0.228. The average Bonchev–Trinajstić information content (AvgIpc) is 2.72. The quantitative estimate of drug-likeness (QED) is 0.896. The van der Waals surface area contributed by atoms with Crippen molar-refractivity contribution in [2.24, 2.45) is 5.92 Å². The topological polar surface area (TPSA) is 21.3 Å². The minimum Gasteiger partial charge on any atom is -0.493 e. The lowest BCUT2D eigenvalue weighted by atomic mass is 9.76. The van der Waals surface area contributed by atoms with E-state index in [0.717, 1.165) is 36.3 Å². The highest BCUT2D eigenvalue weighted by molar-refractivity contribution is 6.30. The van der Waals surface area contributed by atoms with Crippen molar-refractivity contribution in [1.29, 1.82) is 0 Å². The van der Waals surface area contributed by atoms with E-state index < -0.39 is 0 Å². The van der Waals surface area contributed by atoms with Crippen molar-refractivity contribution < 1.29 is 4.74 Å². The summed E-state index contributed by atoms with van der Waals surface area (Å²) in [6, 6.07) is 4.56. The predicted octanol–water partition coefficient (Wildman–Crippen LogP) is 3.73. The number of hydrogen-bond acceptors (Lipinski definition) is 2.